The molecule has 1 aliphatic rings. The molecule has 0 N–H and O–H groups in total. The summed E-state index contributed by atoms with van der Waals surface area (Å²) in [5.41, 5.74) is 0.981. The average molecular weight is 285 g/mol. The van der Waals surface area contributed by atoms with Crippen molar-refractivity contribution in [2.45, 2.75) is 39.3 Å². The summed E-state index contributed by atoms with van der Waals surface area (Å²) in [6.45, 7) is 8.94. The molecule has 1 aromatic carbocycles. The molecule has 1 aliphatic heterocycles. The van der Waals surface area contributed by atoms with Gasteiger partial charge in [-0.3, -0.25) is 9.69 Å². The van der Waals surface area contributed by atoms with Crippen LogP contribution in [0.4, 0.5) is 0 Å². The molecule has 1 atom stereocenters. The molecular formula is C17H23N3O. The van der Waals surface area contributed by atoms with Gasteiger partial charge in [-0.15, -0.1) is 0 Å². The Kier molecular flexibility index (Phi) is 4.98. The fraction of sp³-hybridized carbons (Fsp3) is 0.529. The van der Waals surface area contributed by atoms with E-state index in [1.54, 1.807) is 18.2 Å². The molecule has 0 radical (unpaired) electrons. The SMILES string of the molecule is CC[C@@H]1CN(C(=O)c2ccccc2C#N)CCN1C(C)C. The van der Waals surface area contributed by atoms with Gasteiger partial charge in [0.2, 0.25) is 0 Å². The third-order valence-corrected chi connectivity index (χ3v) is 4.23. The van der Waals surface area contributed by atoms with Crippen LogP contribution in [0, 0.1) is 11.3 Å². The van der Waals surface area contributed by atoms with Gasteiger partial charge in [0.15, 0.2) is 0 Å². The fourth-order valence-electron chi connectivity index (χ4n) is 3.03. The Morgan fingerprint density at radius 2 is 2.10 bits per heavy atom. The van der Waals surface area contributed by atoms with E-state index in [2.05, 4.69) is 31.7 Å². The zero-order valence-corrected chi connectivity index (χ0v) is 13.0. The summed E-state index contributed by atoms with van der Waals surface area (Å²) in [5, 5.41) is 9.15. The van der Waals surface area contributed by atoms with E-state index >= 15 is 0 Å². The Balaban J connectivity index is 2.16. The highest BCUT2D eigenvalue weighted by Gasteiger charge is 2.30. The van der Waals surface area contributed by atoms with Crippen LogP contribution in [-0.2, 0) is 0 Å². The van der Waals surface area contributed by atoms with Crippen LogP contribution in [0.25, 0.3) is 0 Å². The van der Waals surface area contributed by atoms with Crippen molar-refractivity contribution in [1.29, 1.82) is 5.26 Å². The second-order valence-corrected chi connectivity index (χ2v) is 5.80. The predicted molar refractivity (Wildman–Crippen MR) is 83.0 cm³/mol. The molecule has 1 heterocycles. The van der Waals surface area contributed by atoms with E-state index in [-0.39, 0.29) is 5.91 Å². The maximum atomic E-state index is 12.7. The highest BCUT2D eigenvalue weighted by molar-refractivity contribution is 5.96. The molecule has 2 rings (SSSR count). The molecule has 112 valence electrons. The number of hydrogen-bond acceptors (Lipinski definition) is 3. The first-order chi connectivity index (χ1) is 10.1. The number of hydrogen-bond donors (Lipinski definition) is 0. The number of nitrogens with zero attached hydrogens (tertiary/aromatic N) is 3. The second kappa shape index (κ2) is 6.73. The minimum absolute atomic E-state index is 0.0194. The van der Waals surface area contributed by atoms with Gasteiger partial charge in [0.1, 0.15) is 0 Å². The van der Waals surface area contributed by atoms with Crippen LogP contribution < -0.4 is 0 Å². The number of amides is 1. The lowest BCUT2D eigenvalue weighted by Gasteiger charge is -2.43. The van der Waals surface area contributed by atoms with Gasteiger partial charge >= 0.3 is 0 Å². The Bertz CT molecular complexity index is 547. The van der Waals surface area contributed by atoms with Crippen molar-refractivity contribution in [2.24, 2.45) is 0 Å². The van der Waals surface area contributed by atoms with Crippen molar-refractivity contribution < 1.29 is 4.79 Å². The van der Waals surface area contributed by atoms with Crippen molar-refractivity contribution in [2.75, 3.05) is 19.6 Å². The van der Waals surface area contributed by atoms with Crippen LogP contribution in [0.3, 0.4) is 0 Å². The van der Waals surface area contributed by atoms with E-state index < -0.39 is 0 Å². The molecule has 1 aromatic rings. The molecule has 1 fully saturated rings. The molecule has 0 aliphatic carbocycles. The molecule has 4 nitrogen and oxygen atoms in total. The van der Waals surface area contributed by atoms with Crippen molar-refractivity contribution in [1.82, 2.24) is 9.80 Å². The summed E-state index contributed by atoms with van der Waals surface area (Å²) < 4.78 is 0. The van der Waals surface area contributed by atoms with Gasteiger partial charge in [-0.1, -0.05) is 19.1 Å². The standard InChI is InChI=1S/C17H23N3O/c1-4-15-12-19(9-10-20(15)13(2)3)17(21)16-8-6-5-7-14(16)11-18/h5-8,13,15H,4,9-10,12H2,1-3H3/t15-/m1/s1. The first-order valence-corrected chi connectivity index (χ1v) is 7.62. The van der Waals surface area contributed by atoms with Gasteiger partial charge in [-0.05, 0) is 32.4 Å². The third kappa shape index (κ3) is 3.25. The first kappa shape index (κ1) is 15.5. The molecule has 1 amide bonds. The van der Waals surface area contributed by atoms with Crippen molar-refractivity contribution in [3.8, 4) is 6.07 Å². The van der Waals surface area contributed by atoms with Gasteiger partial charge < -0.3 is 4.90 Å². The first-order valence-electron chi connectivity index (χ1n) is 7.62. The summed E-state index contributed by atoms with van der Waals surface area (Å²) >= 11 is 0. The van der Waals surface area contributed by atoms with Crippen molar-refractivity contribution in [3.05, 3.63) is 35.4 Å². The molecular weight excluding hydrogens is 262 g/mol. The van der Waals surface area contributed by atoms with Gasteiger partial charge in [-0.2, -0.15) is 5.26 Å². The van der Waals surface area contributed by atoms with Crippen molar-refractivity contribution in [3.63, 3.8) is 0 Å². The van der Waals surface area contributed by atoms with E-state index in [0.29, 0.717) is 23.2 Å². The maximum Gasteiger partial charge on any atom is 0.255 e. The average Bonchev–Trinajstić information content (AvgIpc) is 2.53. The van der Waals surface area contributed by atoms with Gasteiger partial charge in [-0.25, -0.2) is 0 Å². The number of carbonyl (C=O) groups excluding carboxylic acids is 1. The molecule has 1 saturated heterocycles. The number of piperazine rings is 1. The topological polar surface area (TPSA) is 47.3 Å². The summed E-state index contributed by atoms with van der Waals surface area (Å²) in [5.74, 6) is -0.0194. The third-order valence-electron chi connectivity index (χ3n) is 4.23. The second-order valence-electron chi connectivity index (χ2n) is 5.80. The molecule has 21 heavy (non-hydrogen) atoms. The lowest BCUT2D eigenvalue weighted by Crippen LogP contribution is -2.56. The summed E-state index contributed by atoms with van der Waals surface area (Å²) in [6.07, 6.45) is 1.03. The van der Waals surface area contributed by atoms with Crippen LogP contribution in [0.2, 0.25) is 0 Å². The molecule has 0 spiro atoms. The minimum Gasteiger partial charge on any atom is -0.336 e. The quantitative estimate of drug-likeness (QED) is 0.857. The lowest BCUT2D eigenvalue weighted by molar-refractivity contribution is 0.0371. The number of rotatable bonds is 3. The van der Waals surface area contributed by atoms with E-state index in [1.165, 1.54) is 0 Å². The van der Waals surface area contributed by atoms with Crippen LogP contribution in [0.15, 0.2) is 24.3 Å². The van der Waals surface area contributed by atoms with Crippen LogP contribution in [-0.4, -0.2) is 47.4 Å². The predicted octanol–water partition coefficient (Wildman–Crippen LogP) is 2.50. The van der Waals surface area contributed by atoms with Gasteiger partial charge in [0.05, 0.1) is 17.2 Å². The zero-order chi connectivity index (χ0) is 15.4. The monoisotopic (exact) mass is 285 g/mol. The smallest absolute Gasteiger partial charge is 0.255 e. The van der Waals surface area contributed by atoms with Crippen LogP contribution in [0.1, 0.15) is 43.1 Å². The molecule has 0 bridgehead atoms. The largest absolute Gasteiger partial charge is 0.336 e. The van der Waals surface area contributed by atoms with Gasteiger partial charge in [0.25, 0.3) is 5.91 Å². The van der Waals surface area contributed by atoms with E-state index in [4.69, 9.17) is 5.26 Å². The summed E-state index contributed by atoms with van der Waals surface area (Å²) in [4.78, 5) is 17.0. The summed E-state index contributed by atoms with van der Waals surface area (Å²) in [7, 11) is 0. The Morgan fingerprint density at radius 1 is 1.38 bits per heavy atom. The molecule has 0 aromatic heterocycles. The summed E-state index contributed by atoms with van der Waals surface area (Å²) in [6, 6.07) is 10.1. The van der Waals surface area contributed by atoms with E-state index in [9.17, 15) is 4.79 Å². The highest BCUT2D eigenvalue weighted by Crippen LogP contribution is 2.19. The Hall–Kier alpha value is -1.86. The molecule has 0 saturated carbocycles. The number of carbonyl (C=O) groups is 1. The normalized spacial score (nSPS) is 19.6. The molecule has 4 heteroatoms. The fourth-order valence-corrected chi connectivity index (χ4v) is 3.03. The maximum absolute atomic E-state index is 12.7. The highest BCUT2D eigenvalue weighted by atomic mass is 16.2. The Morgan fingerprint density at radius 3 is 2.71 bits per heavy atom. The Labute approximate surface area is 127 Å². The van der Waals surface area contributed by atoms with Crippen molar-refractivity contribution >= 4 is 5.91 Å². The van der Waals surface area contributed by atoms with Crippen LogP contribution >= 0.6 is 0 Å². The van der Waals surface area contributed by atoms with E-state index in [1.807, 2.05) is 11.0 Å². The zero-order valence-electron chi connectivity index (χ0n) is 13.0. The number of benzene rings is 1. The molecule has 0 unspecified atom stereocenters. The number of nitriles is 1. The van der Waals surface area contributed by atoms with Gasteiger partial charge in [0, 0.05) is 31.7 Å². The van der Waals surface area contributed by atoms with Crippen LogP contribution in [0.5, 0.6) is 0 Å². The minimum atomic E-state index is -0.0194. The lowest BCUT2D eigenvalue weighted by atomic mass is 10.0. The van der Waals surface area contributed by atoms with E-state index in [0.717, 1.165) is 26.1 Å².